The number of benzene rings is 1. The van der Waals surface area contributed by atoms with E-state index in [0.717, 1.165) is 0 Å². The zero-order valence-corrected chi connectivity index (χ0v) is 18.3. The highest BCUT2D eigenvalue weighted by Gasteiger charge is 2.23. The second kappa shape index (κ2) is 8.64. The van der Waals surface area contributed by atoms with Gasteiger partial charge >= 0.3 is 6.01 Å². The van der Waals surface area contributed by atoms with Gasteiger partial charge < -0.3 is 10.5 Å². The van der Waals surface area contributed by atoms with Crippen molar-refractivity contribution in [3.63, 3.8) is 0 Å². The van der Waals surface area contributed by atoms with Crippen molar-refractivity contribution in [2.24, 2.45) is 7.05 Å². The predicted octanol–water partition coefficient (Wildman–Crippen LogP) is 2.12. The monoisotopic (exact) mass is 469 g/mol. The summed E-state index contributed by atoms with van der Waals surface area (Å²) in [5.41, 5.74) is 8.10. The summed E-state index contributed by atoms with van der Waals surface area (Å²) in [6.07, 6.45) is 1.45. The first-order valence-electron chi connectivity index (χ1n) is 10.3. The lowest BCUT2D eigenvalue weighted by Crippen LogP contribution is -2.18. The Morgan fingerprint density at radius 2 is 1.94 bits per heavy atom. The zero-order valence-electron chi connectivity index (χ0n) is 18.3. The topological polar surface area (TPSA) is 150 Å². The van der Waals surface area contributed by atoms with Crippen molar-refractivity contribution in [1.82, 2.24) is 34.3 Å². The Hall–Kier alpha value is -5.18. The summed E-state index contributed by atoms with van der Waals surface area (Å²) in [7, 11) is 1.51. The first-order chi connectivity index (χ1) is 17.0. The molecule has 5 rings (SSSR count). The molecule has 0 fully saturated rings. The minimum Gasteiger partial charge on any atom is -0.456 e. The minimum absolute atomic E-state index is 0.0253. The number of aromatic nitrogens is 7. The summed E-state index contributed by atoms with van der Waals surface area (Å²) in [5.74, 6) is -0.550. The van der Waals surface area contributed by atoms with Crippen LogP contribution >= 0.6 is 0 Å². The molecule has 0 radical (unpaired) electrons. The summed E-state index contributed by atoms with van der Waals surface area (Å²) in [4.78, 5) is 24.8. The van der Waals surface area contributed by atoms with Crippen LogP contribution in [0.2, 0.25) is 0 Å². The summed E-state index contributed by atoms with van der Waals surface area (Å²) in [6.45, 7) is -0.214. The van der Waals surface area contributed by atoms with Gasteiger partial charge in [-0.2, -0.15) is 19.9 Å². The lowest BCUT2D eigenvalue weighted by atomic mass is 9.99. The summed E-state index contributed by atoms with van der Waals surface area (Å²) in [6, 6.07) is 14.5. The van der Waals surface area contributed by atoms with Gasteiger partial charge in [0.15, 0.2) is 5.65 Å². The Bertz CT molecular complexity index is 1690. The van der Waals surface area contributed by atoms with Crippen LogP contribution in [0.1, 0.15) is 11.3 Å². The Balaban J connectivity index is 1.72. The molecular formula is C23H16FN9O2. The fourth-order valence-electron chi connectivity index (χ4n) is 3.51. The van der Waals surface area contributed by atoms with E-state index in [9.17, 15) is 14.4 Å². The predicted molar refractivity (Wildman–Crippen MR) is 122 cm³/mol. The normalized spacial score (nSPS) is 10.9. The molecule has 0 unspecified atom stereocenters. The highest BCUT2D eigenvalue weighted by Crippen LogP contribution is 2.35. The third-order valence-corrected chi connectivity index (χ3v) is 5.18. The van der Waals surface area contributed by atoms with Gasteiger partial charge in [-0.15, -0.1) is 5.10 Å². The maximum absolute atomic E-state index is 13.9. The maximum Gasteiger partial charge on any atom is 0.336 e. The van der Waals surface area contributed by atoms with Gasteiger partial charge in [0.25, 0.3) is 5.56 Å². The number of ether oxygens (including phenoxy) is 1. The van der Waals surface area contributed by atoms with Crippen molar-refractivity contribution >= 4 is 11.6 Å². The molecule has 0 aliphatic rings. The second-order valence-corrected chi connectivity index (χ2v) is 7.38. The number of aryl methyl sites for hydroxylation is 1. The van der Waals surface area contributed by atoms with Gasteiger partial charge in [-0.1, -0.05) is 18.2 Å². The zero-order chi connectivity index (χ0) is 24.5. The smallest absolute Gasteiger partial charge is 0.336 e. The molecule has 0 amide bonds. The van der Waals surface area contributed by atoms with Gasteiger partial charge in [0.2, 0.25) is 5.95 Å². The fourth-order valence-corrected chi connectivity index (χ4v) is 3.51. The van der Waals surface area contributed by atoms with Crippen molar-refractivity contribution < 1.29 is 9.13 Å². The summed E-state index contributed by atoms with van der Waals surface area (Å²) >= 11 is 0. The van der Waals surface area contributed by atoms with Gasteiger partial charge in [-0.25, -0.2) is 14.1 Å². The Labute approximate surface area is 196 Å². The van der Waals surface area contributed by atoms with Gasteiger partial charge in [0.1, 0.15) is 18.1 Å². The Kier molecular flexibility index (Phi) is 5.34. The molecule has 2 N–H and O–H groups in total. The number of halogens is 1. The molecule has 0 aliphatic carbocycles. The van der Waals surface area contributed by atoms with Crippen LogP contribution in [0, 0.1) is 17.1 Å². The van der Waals surface area contributed by atoms with Crippen molar-refractivity contribution in [2.75, 3.05) is 5.73 Å². The van der Waals surface area contributed by atoms with E-state index in [1.165, 1.54) is 46.7 Å². The number of rotatable bonds is 5. The van der Waals surface area contributed by atoms with E-state index in [1.54, 1.807) is 24.3 Å². The van der Waals surface area contributed by atoms with Crippen LogP contribution in [0.4, 0.5) is 10.3 Å². The highest BCUT2D eigenvalue weighted by atomic mass is 19.1. The minimum atomic E-state index is -0.525. The van der Waals surface area contributed by atoms with E-state index in [1.807, 2.05) is 0 Å². The number of fused-ring (bicyclic) bond motifs is 1. The van der Waals surface area contributed by atoms with E-state index in [0.29, 0.717) is 28.1 Å². The second-order valence-electron chi connectivity index (χ2n) is 7.38. The van der Waals surface area contributed by atoms with Crippen molar-refractivity contribution in [2.45, 2.75) is 6.61 Å². The Morgan fingerprint density at radius 3 is 2.71 bits per heavy atom. The number of anilines is 1. The molecule has 12 heteroatoms. The molecule has 4 heterocycles. The van der Waals surface area contributed by atoms with E-state index < -0.39 is 5.82 Å². The SMILES string of the molecule is Cn1nc(-c2c(-c3ccccc3C#N)nc(N)n3nc(OCc4ncccc4F)nc23)ccc1=O. The largest absolute Gasteiger partial charge is 0.456 e. The molecule has 35 heavy (non-hydrogen) atoms. The van der Waals surface area contributed by atoms with E-state index >= 15 is 0 Å². The van der Waals surface area contributed by atoms with Crippen LogP contribution < -0.4 is 16.0 Å². The summed E-state index contributed by atoms with van der Waals surface area (Å²) < 4.78 is 21.9. The van der Waals surface area contributed by atoms with Crippen molar-refractivity contribution in [1.29, 1.82) is 5.26 Å². The number of hydrogen-bond donors (Lipinski definition) is 1. The molecule has 5 aromatic rings. The third kappa shape index (κ3) is 3.91. The number of pyridine rings is 1. The molecule has 0 aliphatic heterocycles. The van der Waals surface area contributed by atoms with Gasteiger partial charge in [-0.05, 0) is 24.3 Å². The van der Waals surface area contributed by atoms with Gasteiger partial charge in [0.05, 0.1) is 28.6 Å². The van der Waals surface area contributed by atoms with Crippen LogP contribution in [0.3, 0.4) is 0 Å². The molecule has 172 valence electrons. The molecular weight excluding hydrogens is 453 g/mol. The molecule has 1 aromatic carbocycles. The number of nitrogens with zero attached hydrogens (tertiary/aromatic N) is 8. The van der Waals surface area contributed by atoms with Gasteiger partial charge in [-0.3, -0.25) is 9.78 Å². The van der Waals surface area contributed by atoms with Crippen molar-refractivity contribution in [3.8, 4) is 34.6 Å². The average molecular weight is 469 g/mol. The first-order valence-corrected chi connectivity index (χ1v) is 10.3. The highest BCUT2D eigenvalue weighted by molar-refractivity contribution is 5.90. The lowest BCUT2D eigenvalue weighted by molar-refractivity contribution is 0.271. The quantitative estimate of drug-likeness (QED) is 0.408. The van der Waals surface area contributed by atoms with Crippen LogP contribution in [0.5, 0.6) is 6.01 Å². The fraction of sp³-hybridized carbons (Fsp3) is 0.0870. The number of nitrogens with two attached hydrogens (primary N) is 1. The molecule has 11 nitrogen and oxygen atoms in total. The van der Waals surface area contributed by atoms with Crippen LogP contribution in [0.25, 0.3) is 28.2 Å². The first kappa shape index (κ1) is 21.7. The molecule has 0 bridgehead atoms. The van der Waals surface area contributed by atoms with Crippen molar-refractivity contribution in [3.05, 3.63) is 82.2 Å². The molecule has 0 saturated carbocycles. The third-order valence-electron chi connectivity index (χ3n) is 5.18. The lowest BCUT2D eigenvalue weighted by Gasteiger charge is -2.12. The number of nitrogen functional groups attached to an aromatic ring is 1. The van der Waals surface area contributed by atoms with Crippen LogP contribution in [-0.4, -0.2) is 34.3 Å². The van der Waals surface area contributed by atoms with E-state index in [4.69, 9.17) is 10.5 Å². The van der Waals surface area contributed by atoms with E-state index in [2.05, 4.69) is 31.2 Å². The van der Waals surface area contributed by atoms with Gasteiger partial charge in [0, 0.05) is 24.9 Å². The average Bonchev–Trinajstić information content (AvgIpc) is 3.30. The molecule has 0 spiro atoms. The van der Waals surface area contributed by atoms with E-state index in [-0.39, 0.29) is 35.5 Å². The Morgan fingerprint density at radius 1 is 1.11 bits per heavy atom. The van der Waals surface area contributed by atoms with Crippen LogP contribution in [-0.2, 0) is 13.7 Å². The molecule has 0 saturated heterocycles. The number of nitriles is 1. The molecule has 0 atom stereocenters. The number of hydrogen-bond acceptors (Lipinski definition) is 9. The summed E-state index contributed by atoms with van der Waals surface area (Å²) in [5, 5.41) is 18.2. The standard InChI is InChI=1S/C23H16FN9O2/c1-32-18(34)9-8-16(30-32)19-20(14-6-3-2-5-13(14)11-25)28-22(26)33-21(19)29-23(31-33)35-12-17-15(24)7-4-10-27-17/h2-10H,12H2,1H3,(H2,26,28). The molecule has 4 aromatic heterocycles. The maximum atomic E-state index is 13.9. The van der Waals surface area contributed by atoms with Crippen LogP contribution in [0.15, 0.2) is 59.5 Å².